The van der Waals surface area contributed by atoms with Crippen LogP contribution in [0.15, 0.2) is 66.4 Å². The number of aromatic nitrogens is 1. The molecule has 10 atom stereocenters. The number of alkyl halides is 2. The number of Topliss-reactive ketones (excluding diaryl/α,β-unsaturated/α-hetero) is 2. The first kappa shape index (κ1) is 72.7. The number of amides is 7. The van der Waals surface area contributed by atoms with Gasteiger partial charge in [-0.3, -0.25) is 39.1 Å². The number of halogens is 3. The van der Waals surface area contributed by atoms with E-state index in [4.69, 9.17) is 36.3 Å². The van der Waals surface area contributed by atoms with Gasteiger partial charge in [0.25, 0.3) is 5.91 Å². The Labute approximate surface area is 548 Å². The number of rotatable bonds is 26. The first-order valence-corrected chi connectivity index (χ1v) is 33.1. The van der Waals surface area contributed by atoms with E-state index in [1.165, 1.54) is 43.1 Å². The normalized spacial score (nSPS) is 23.8. The van der Waals surface area contributed by atoms with Crippen LogP contribution in [-0.4, -0.2) is 161 Å². The molecule has 2 saturated heterocycles. The second-order valence-corrected chi connectivity index (χ2v) is 26.1. The van der Waals surface area contributed by atoms with Crippen molar-refractivity contribution in [2.75, 3.05) is 49.9 Å². The number of ether oxygens (including phenoxy) is 4. The highest BCUT2D eigenvalue weighted by Crippen LogP contribution is 2.49. The van der Waals surface area contributed by atoms with Crippen LogP contribution in [0.1, 0.15) is 126 Å². The zero-order valence-electron chi connectivity index (χ0n) is 53.0. The first-order chi connectivity index (χ1) is 42.6. The van der Waals surface area contributed by atoms with Crippen LogP contribution in [0.3, 0.4) is 0 Å². The molecule has 4 heterocycles. The quantitative estimate of drug-likeness (QED) is 0.0192. The molecular weight excluding hydrogens is 1310 g/mol. The van der Waals surface area contributed by atoms with Gasteiger partial charge in [-0.15, -0.1) is 0 Å². The maximum absolute atomic E-state index is 14.7. The second kappa shape index (κ2) is 32.8. The summed E-state index contributed by atoms with van der Waals surface area (Å²) >= 11 is 13.6. The lowest BCUT2D eigenvalue weighted by Crippen LogP contribution is -2.63. The summed E-state index contributed by atoms with van der Waals surface area (Å²) in [5.74, 6) is -4.80. The van der Waals surface area contributed by atoms with Gasteiger partial charge < -0.3 is 55.5 Å². The Bertz CT molecular complexity index is 3200. The summed E-state index contributed by atoms with van der Waals surface area (Å²) in [6, 6.07) is 7.14. The standard InChI is InChI=1S/C65H87Br2ClN8O14/c1-36(2)47(31-44(77)18-12-11-13-24-71-58(80)43(34-66)35-67)59(81)73-48(20-16-26-72-62(69)84)50(78)30-42-22-23-46(56-45(42)19-15-25-70-56)60(82)75(8)40(6)61(83)89-53-32-54(79)76(9)49-29-41(28-38(4)55(49)68)27-37(3)17-14-21-52(87-10)65(86)33-51(88-63(85)74-65)39(5)57-64(53,7)90-57/h14-15,17,19,21-23,25,28-29,36,39-40,43,47-48,51-53,57,86H,11-13,16,18,20,24,26-27,30-35H2,1-10H3,(H,71,80)(H,73,81)(H,74,85)(H3,69,72,84)/b21-14+,37-17+/t39-,40+,47+,48+,51+,52-,53+,57+,64+,65+/m1/s1. The number of nitrogens with zero attached hydrogens (tertiary/aromatic N) is 3. The Morgan fingerprint density at radius 2 is 1.71 bits per heavy atom. The number of carbonyl (C=O) groups excluding carboxylic acids is 9. The molecule has 0 spiro atoms. The van der Waals surface area contributed by atoms with E-state index >= 15 is 0 Å². The molecule has 6 rings (SSSR count). The Morgan fingerprint density at radius 3 is 2.39 bits per heavy atom. The fourth-order valence-electron chi connectivity index (χ4n) is 11.5. The van der Waals surface area contributed by atoms with Gasteiger partial charge in [0.1, 0.15) is 35.7 Å². The highest BCUT2D eigenvalue weighted by atomic mass is 79.9. The van der Waals surface area contributed by atoms with Crippen molar-refractivity contribution in [1.29, 1.82) is 0 Å². The molecule has 22 nitrogen and oxygen atoms in total. The molecule has 0 radical (unpaired) electrons. The van der Waals surface area contributed by atoms with Gasteiger partial charge in [0.15, 0.2) is 11.5 Å². The molecule has 0 unspecified atom stereocenters. The van der Waals surface area contributed by atoms with Crippen LogP contribution in [0.4, 0.5) is 15.3 Å². The SMILES string of the molecule is CO[C@@H]1/C=C/C=C(\C)Cc2cc(C)c(Cl)c(c2)N(C)C(=O)C[C@H](OC(=O)[C@H](C)N(C)C(=O)c2ccc(CC(=O)[C@H](CCCNC(N)=O)NC(=O)[C@@H](CC(=O)CCCCCNC(=O)C(CBr)CBr)C(C)C)c3cccnc23)[C@]2(C)O[C@H]2[C@H](C)[C@@H]2C[C@@]1(O)NC(=O)O2. The number of benzene rings is 2. The number of hydrogen-bond donors (Lipinski definition) is 6. The molecule has 2 aromatic carbocycles. The predicted molar refractivity (Wildman–Crippen MR) is 348 cm³/mol. The number of likely N-dealkylation sites (N-methyl/N-ethyl adjacent to an activating group) is 1. The average molecular weight is 1400 g/mol. The van der Waals surface area contributed by atoms with Crippen molar-refractivity contribution >= 4 is 113 Å². The third-order valence-corrected chi connectivity index (χ3v) is 19.4. The molecule has 7 N–H and O–H groups in total. The number of carbonyl (C=O) groups is 9. The van der Waals surface area contributed by atoms with E-state index in [1.54, 1.807) is 51.2 Å². The molecule has 2 fully saturated rings. The number of allylic oxidation sites excluding steroid dienone is 3. The van der Waals surface area contributed by atoms with E-state index in [1.807, 2.05) is 45.9 Å². The van der Waals surface area contributed by atoms with E-state index < -0.39 is 102 Å². The van der Waals surface area contributed by atoms with Gasteiger partial charge in [0.05, 0.1) is 46.3 Å². The number of nitrogens with one attached hydrogen (secondary N) is 4. The van der Waals surface area contributed by atoms with Crippen molar-refractivity contribution in [2.24, 2.45) is 29.4 Å². The summed E-state index contributed by atoms with van der Waals surface area (Å²) in [5.41, 5.74) is 5.78. The molecule has 3 aromatic rings. The smallest absolute Gasteiger partial charge is 0.409 e. The topological polar surface area (TPSA) is 308 Å². The van der Waals surface area contributed by atoms with Crippen LogP contribution < -0.4 is 31.9 Å². The fourth-order valence-corrected chi connectivity index (χ4v) is 13.4. The fraction of sp³-hybridized carbons (Fsp3) is 0.569. The van der Waals surface area contributed by atoms with Crippen molar-refractivity contribution < 1.29 is 67.2 Å². The Hall–Kier alpha value is -6.31. The highest BCUT2D eigenvalue weighted by Gasteiger charge is 2.64. The molecule has 0 saturated carbocycles. The molecule has 25 heteroatoms. The van der Waals surface area contributed by atoms with Gasteiger partial charge in [-0.2, -0.15) is 0 Å². The summed E-state index contributed by atoms with van der Waals surface area (Å²) in [4.78, 5) is 130. The predicted octanol–water partition coefficient (Wildman–Crippen LogP) is 8.04. The number of hydrogen-bond acceptors (Lipinski definition) is 15. The summed E-state index contributed by atoms with van der Waals surface area (Å²) in [6.45, 7) is 13.0. The van der Waals surface area contributed by atoms with E-state index in [0.29, 0.717) is 64.5 Å². The number of unbranched alkanes of at least 4 members (excludes halogenated alkanes) is 2. The Balaban J connectivity index is 1.20. The first-order valence-electron chi connectivity index (χ1n) is 30.5. The molecule has 492 valence electrons. The van der Waals surface area contributed by atoms with Gasteiger partial charge in [-0.25, -0.2) is 14.4 Å². The second-order valence-electron chi connectivity index (χ2n) is 24.4. The minimum absolute atomic E-state index is 0.0342. The third-order valence-electron chi connectivity index (χ3n) is 17.3. The molecule has 90 heavy (non-hydrogen) atoms. The van der Waals surface area contributed by atoms with Crippen molar-refractivity contribution in [3.8, 4) is 0 Å². The largest absolute Gasteiger partial charge is 0.457 e. The van der Waals surface area contributed by atoms with Gasteiger partial charge in [0.2, 0.25) is 17.7 Å². The number of alkyl carbamates (subject to hydrolysis) is 1. The average Bonchev–Trinajstić information content (AvgIpc) is 1.63. The van der Waals surface area contributed by atoms with E-state index in [0.717, 1.165) is 16.7 Å². The zero-order valence-corrected chi connectivity index (χ0v) is 56.9. The number of epoxide rings is 1. The summed E-state index contributed by atoms with van der Waals surface area (Å²) in [5, 5.41) is 24.7. The zero-order chi connectivity index (χ0) is 66.4. The number of anilines is 1. The van der Waals surface area contributed by atoms with Crippen LogP contribution in [0.2, 0.25) is 5.02 Å². The molecule has 3 aliphatic heterocycles. The number of ketones is 2. The van der Waals surface area contributed by atoms with Gasteiger partial charge in [-0.1, -0.05) is 113 Å². The summed E-state index contributed by atoms with van der Waals surface area (Å²) < 4.78 is 24.1. The number of primary amides is 1. The van der Waals surface area contributed by atoms with Crippen LogP contribution in [-0.2, 0) is 60.6 Å². The number of pyridine rings is 1. The van der Waals surface area contributed by atoms with Crippen molar-refractivity contribution in [3.63, 3.8) is 0 Å². The Kier molecular flexibility index (Phi) is 26.5. The van der Waals surface area contributed by atoms with Crippen molar-refractivity contribution in [2.45, 2.75) is 167 Å². The molecule has 3 aliphatic rings. The third kappa shape index (κ3) is 18.7. The monoisotopic (exact) mass is 1400 g/mol. The van der Waals surface area contributed by atoms with Crippen LogP contribution in [0.25, 0.3) is 10.9 Å². The van der Waals surface area contributed by atoms with Gasteiger partial charge in [0, 0.05) is 94.1 Å². The van der Waals surface area contributed by atoms with Crippen LogP contribution in [0.5, 0.6) is 0 Å². The minimum Gasteiger partial charge on any atom is -0.457 e. The van der Waals surface area contributed by atoms with E-state index in [9.17, 15) is 48.3 Å². The van der Waals surface area contributed by atoms with Crippen LogP contribution in [0, 0.1) is 30.6 Å². The Morgan fingerprint density at radius 1 is 1.00 bits per heavy atom. The lowest BCUT2D eigenvalue weighted by atomic mass is 9.83. The number of fused-ring (bicyclic) bond motifs is 6. The number of aryl methyl sites for hydroxylation is 1. The molecule has 4 bridgehead atoms. The maximum atomic E-state index is 14.7. The maximum Gasteiger partial charge on any atom is 0.409 e. The molecule has 7 amide bonds. The molecule has 1 aromatic heterocycles. The lowest BCUT2D eigenvalue weighted by Gasteiger charge is -2.42. The lowest BCUT2D eigenvalue weighted by molar-refractivity contribution is -0.158. The highest BCUT2D eigenvalue weighted by molar-refractivity contribution is 9.09. The van der Waals surface area contributed by atoms with Crippen molar-refractivity contribution in [1.82, 2.24) is 31.2 Å². The van der Waals surface area contributed by atoms with Gasteiger partial charge in [-0.05, 0) is 101 Å². The molecule has 0 aliphatic carbocycles. The number of methoxy groups -OCH3 is 1. The summed E-state index contributed by atoms with van der Waals surface area (Å²) in [6.07, 6.45) is 4.18. The van der Waals surface area contributed by atoms with Crippen LogP contribution >= 0.6 is 43.5 Å². The summed E-state index contributed by atoms with van der Waals surface area (Å²) in [7, 11) is 4.41. The number of esters is 1. The van der Waals surface area contributed by atoms with E-state index in [-0.39, 0.29) is 85.5 Å². The molecular formula is C65H87Br2ClN8O14. The number of urea groups is 1. The number of aliphatic hydroxyl groups is 1. The minimum atomic E-state index is -1.90. The van der Waals surface area contributed by atoms with Crippen molar-refractivity contribution in [3.05, 3.63) is 93.7 Å². The van der Waals surface area contributed by atoms with Gasteiger partial charge >= 0.3 is 18.1 Å². The van der Waals surface area contributed by atoms with E-state index in [2.05, 4.69) is 58.1 Å². The number of nitrogens with two attached hydrogens (primary N) is 1.